The van der Waals surface area contributed by atoms with Crippen molar-refractivity contribution in [3.63, 3.8) is 0 Å². The molecule has 314 valence electrons. The Hall–Kier alpha value is 1.82. The van der Waals surface area contributed by atoms with E-state index in [1.807, 2.05) is 0 Å². The topological polar surface area (TPSA) is 0 Å². The maximum atomic E-state index is 4.51. The molecule has 0 rings (SSSR count). The number of hydrogen-bond acceptors (Lipinski definition) is 0. The van der Waals surface area contributed by atoms with Crippen LogP contribution in [0.1, 0.15) is 260 Å². The van der Waals surface area contributed by atoms with Gasteiger partial charge in [0.1, 0.15) is 9.14 Å². The Labute approximate surface area is 350 Å². The van der Waals surface area contributed by atoms with Gasteiger partial charge in [-0.05, 0) is 115 Å². The largest absolute Gasteiger partial charge is 0.123 e. The molecule has 0 radical (unpaired) electrons. The van der Waals surface area contributed by atoms with E-state index < -0.39 is 14.5 Å². The molecule has 52 heavy (non-hydrogen) atoms. The zero-order valence-electron chi connectivity index (χ0n) is 37.1. The van der Waals surface area contributed by atoms with Crippen molar-refractivity contribution in [3.8, 4) is 0 Å². The SMILES string of the molecule is CCCCCCCC[P+](CCCCCCCC)(CCCCCCCC)C(Br)CCCCCCCCCCC(Br)[P+](CCCC)(CCCC)CCCC. The maximum Gasteiger partial charge on any atom is 0.123 e. The van der Waals surface area contributed by atoms with E-state index in [2.05, 4.69) is 73.4 Å². The van der Waals surface area contributed by atoms with E-state index in [1.54, 1.807) is 37.0 Å². The van der Waals surface area contributed by atoms with Crippen molar-refractivity contribution in [2.45, 2.75) is 269 Å². The fourth-order valence-electron chi connectivity index (χ4n) is 8.79. The Bertz CT molecular complexity index is 637. The summed E-state index contributed by atoms with van der Waals surface area (Å²) in [6.07, 6.45) is 58.8. The minimum Gasteiger partial charge on any atom is -0.0654 e. The van der Waals surface area contributed by atoms with E-state index >= 15 is 0 Å². The lowest BCUT2D eigenvalue weighted by Gasteiger charge is -2.33. The third-order valence-corrected chi connectivity index (χ3v) is 28.8. The molecule has 2 atom stereocenters. The van der Waals surface area contributed by atoms with Crippen molar-refractivity contribution < 1.29 is 0 Å². The van der Waals surface area contributed by atoms with Crippen LogP contribution in [0.3, 0.4) is 0 Å². The fraction of sp³-hybridized carbons (Fsp3) is 1.00. The van der Waals surface area contributed by atoms with Crippen molar-refractivity contribution in [2.75, 3.05) is 37.0 Å². The Morgan fingerprint density at radius 2 is 0.442 bits per heavy atom. The van der Waals surface area contributed by atoms with Crippen LogP contribution in [-0.4, -0.2) is 46.1 Å². The highest BCUT2D eigenvalue weighted by Gasteiger charge is 2.43. The summed E-state index contributed by atoms with van der Waals surface area (Å²) < 4.78 is 1.67. The van der Waals surface area contributed by atoms with Crippen LogP contribution in [0.2, 0.25) is 0 Å². The highest BCUT2D eigenvalue weighted by Crippen LogP contribution is 2.69. The minimum atomic E-state index is -0.953. The molecule has 0 N–H and O–H groups in total. The molecule has 0 heterocycles. The van der Waals surface area contributed by atoms with Crippen molar-refractivity contribution in [1.82, 2.24) is 0 Å². The van der Waals surface area contributed by atoms with Crippen molar-refractivity contribution >= 4 is 46.4 Å². The third kappa shape index (κ3) is 28.3. The van der Waals surface area contributed by atoms with Gasteiger partial charge in [-0.15, -0.1) is 0 Å². The van der Waals surface area contributed by atoms with Crippen LogP contribution in [-0.2, 0) is 0 Å². The van der Waals surface area contributed by atoms with Crippen molar-refractivity contribution in [2.24, 2.45) is 0 Å². The zero-order valence-corrected chi connectivity index (χ0v) is 42.1. The van der Waals surface area contributed by atoms with Gasteiger partial charge in [-0.25, -0.2) is 0 Å². The minimum absolute atomic E-state index is 0.833. The van der Waals surface area contributed by atoms with E-state index in [-0.39, 0.29) is 0 Å². The molecular formula is C48H100Br2P2+2. The molecule has 0 saturated heterocycles. The maximum absolute atomic E-state index is 4.51. The first-order chi connectivity index (χ1) is 25.4. The number of hydrogen-bond donors (Lipinski definition) is 0. The summed E-state index contributed by atoms with van der Waals surface area (Å²) >= 11 is 8.87. The van der Waals surface area contributed by atoms with Gasteiger partial charge in [-0.1, -0.05) is 176 Å². The van der Waals surface area contributed by atoms with Crippen LogP contribution in [0.4, 0.5) is 0 Å². The molecule has 0 fully saturated rings. The first kappa shape index (κ1) is 53.8. The fourth-order valence-corrected chi connectivity index (χ4v) is 23.0. The average molecular weight is 899 g/mol. The number of rotatable bonds is 43. The molecule has 0 nitrogen and oxygen atoms in total. The summed E-state index contributed by atoms with van der Waals surface area (Å²) in [5, 5.41) is 0. The number of alkyl halides is 2. The molecule has 0 amide bonds. The molecule has 4 heteroatoms. The predicted octanol–water partition coefficient (Wildman–Crippen LogP) is 19.8. The second-order valence-corrected chi connectivity index (χ2v) is 29.8. The van der Waals surface area contributed by atoms with Crippen molar-refractivity contribution in [3.05, 3.63) is 0 Å². The van der Waals surface area contributed by atoms with Gasteiger partial charge in [0.25, 0.3) is 0 Å². The Morgan fingerprint density at radius 1 is 0.250 bits per heavy atom. The molecule has 0 spiro atoms. The van der Waals surface area contributed by atoms with Gasteiger partial charge in [-0.3, -0.25) is 0 Å². The normalized spacial score (nSPS) is 13.6. The molecule has 0 aromatic rings. The Morgan fingerprint density at radius 3 is 0.692 bits per heavy atom. The first-order valence-electron chi connectivity index (χ1n) is 24.4. The quantitative estimate of drug-likeness (QED) is 0.0325. The van der Waals surface area contributed by atoms with Crippen LogP contribution >= 0.6 is 46.4 Å². The lowest BCUT2D eigenvalue weighted by Crippen LogP contribution is -2.18. The predicted molar refractivity (Wildman–Crippen MR) is 259 cm³/mol. The highest BCUT2D eigenvalue weighted by molar-refractivity contribution is 9.11. The molecule has 0 aromatic carbocycles. The van der Waals surface area contributed by atoms with Gasteiger partial charge in [-0.2, -0.15) is 0 Å². The molecule has 0 bridgehead atoms. The highest BCUT2D eigenvalue weighted by atomic mass is 79.9. The Kier molecular flexibility index (Phi) is 41.0. The van der Waals surface area contributed by atoms with E-state index in [9.17, 15) is 0 Å². The van der Waals surface area contributed by atoms with E-state index in [0.717, 1.165) is 9.14 Å². The molecular weight excluding hydrogens is 798 g/mol. The van der Waals surface area contributed by atoms with E-state index in [0.29, 0.717) is 0 Å². The summed E-state index contributed by atoms with van der Waals surface area (Å²) in [5.41, 5.74) is 0. The second kappa shape index (κ2) is 39.6. The van der Waals surface area contributed by atoms with Crippen LogP contribution in [0.5, 0.6) is 0 Å². The summed E-state index contributed by atoms with van der Waals surface area (Å²) in [6, 6.07) is 0. The Balaban J connectivity index is 4.91. The van der Waals surface area contributed by atoms with Gasteiger partial charge in [0.2, 0.25) is 0 Å². The first-order valence-corrected chi connectivity index (χ1v) is 31.1. The summed E-state index contributed by atoms with van der Waals surface area (Å²) in [4.78, 5) is 0. The van der Waals surface area contributed by atoms with Gasteiger partial charge < -0.3 is 0 Å². The second-order valence-electron chi connectivity index (χ2n) is 17.4. The molecule has 0 saturated carbocycles. The molecule has 0 aliphatic heterocycles. The molecule has 0 aliphatic carbocycles. The smallest absolute Gasteiger partial charge is 0.0654 e. The van der Waals surface area contributed by atoms with Crippen LogP contribution < -0.4 is 0 Å². The number of unbranched alkanes of at least 4 members (excludes halogenated alkanes) is 25. The van der Waals surface area contributed by atoms with Crippen molar-refractivity contribution in [1.29, 1.82) is 0 Å². The summed E-state index contributed by atoms with van der Waals surface area (Å²) in [7, 11) is -1.81. The standard InChI is InChI=1S/C48H100Br2P2/c1-7-13-19-22-31-36-44-52(45-37-32-23-20-14-8-2,46-38-33-24-21-15-9-3)48(50)40-35-30-28-26-25-27-29-34-39-47(49)51(41-16-10-4,42-17-11-5)43-18-12-6/h47-48H,7-46H2,1-6H3/q+2. The van der Waals surface area contributed by atoms with Gasteiger partial charge in [0, 0.05) is 14.5 Å². The summed E-state index contributed by atoms with van der Waals surface area (Å²) in [5.74, 6) is 0. The monoisotopic (exact) mass is 897 g/mol. The number of halogens is 2. The average Bonchev–Trinajstić information content (AvgIpc) is 3.15. The summed E-state index contributed by atoms with van der Waals surface area (Å²) in [6.45, 7) is 14.3. The molecule has 0 aliphatic rings. The van der Waals surface area contributed by atoms with Gasteiger partial charge in [0.05, 0.1) is 37.0 Å². The molecule has 0 aromatic heterocycles. The van der Waals surface area contributed by atoms with Crippen LogP contribution in [0.15, 0.2) is 0 Å². The van der Waals surface area contributed by atoms with Gasteiger partial charge >= 0.3 is 0 Å². The van der Waals surface area contributed by atoms with Crippen LogP contribution in [0, 0.1) is 0 Å². The van der Waals surface area contributed by atoms with Gasteiger partial charge in [0.15, 0.2) is 0 Å². The lowest BCUT2D eigenvalue weighted by molar-refractivity contribution is 0.559. The third-order valence-electron chi connectivity index (χ3n) is 12.6. The van der Waals surface area contributed by atoms with Crippen LogP contribution in [0.25, 0.3) is 0 Å². The lowest BCUT2D eigenvalue weighted by atomic mass is 10.1. The van der Waals surface area contributed by atoms with E-state index in [4.69, 9.17) is 0 Å². The van der Waals surface area contributed by atoms with E-state index in [1.165, 1.54) is 218 Å². The zero-order chi connectivity index (χ0) is 38.4. The molecule has 2 unspecified atom stereocenters.